The molecule has 0 saturated heterocycles. The molecular formula is C15H12FN3O2S. The zero-order valence-electron chi connectivity index (χ0n) is 11.6. The van der Waals surface area contributed by atoms with Crippen molar-refractivity contribution in [2.24, 2.45) is 0 Å². The average Bonchev–Trinajstić information content (AvgIpc) is 2.98. The van der Waals surface area contributed by atoms with Crippen LogP contribution in [-0.2, 0) is 10.0 Å². The van der Waals surface area contributed by atoms with Crippen LogP contribution in [0.2, 0.25) is 0 Å². The summed E-state index contributed by atoms with van der Waals surface area (Å²) in [7, 11) is -3.85. The van der Waals surface area contributed by atoms with E-state index in [1.165, 1.54) is 36.8 Å². The van der Waals surface area contributed by atoms with E-state index in [2.05, 4.69) is 9.97 Å². The average molecular weight is 317 g/mol. The fraction of sp³-hybridized carbons (Fsp3) is 0.0667. The minimum absolute atomic E-state index is 0.0415. The monoisotopic (exact) mass is 317 g/mol. The highest BCUT2D eigenvalue weighted by Crippen LogP contribution is 2.26. The lowest BCUT2D eigenvalue weighted by atomic mass is 10.2. The van der Waals surface area contributed by atoms with Gasteiger partial charge in [-0.15, -0.1) is 0 Å². The number of hydrogen-bond acceptors (Lipinski definition) is 4. The third-order valence-electron chi connectivity index (χ3n) is 3.19. The van der Waals surface area contributed by atoms with Crippen LogP contribution in [0.3, 0.4) is 0 Å². The fourth-order valence-electron chi connectivity index (χ4n) is 2.08. The number of aryl methyl sites for hydroxylation is 1. The van der Waals surface area contributed by atoms with Crippen molar-refractivity contribution in [3.63, 3.8) is 0 Å². The maximum Gasteiger partial charge on any atom is 0.269 e. The van der Waals surface area contributed by atoms with Gasteiger partial charge in [-0.2, -0.15) is 4.39 Å². The Kier molecular flexibility index (Phi) is 3.50. The molecule has 3 rings (SSSR count). The Morgan fingerprint density at radius 1 is 1.09 bits per heavy atom. The van der Waals surface area contributed by atoms with Crippen molar-refractivity contribution in [2.45, 2.75) is 11.8 Å². The van der Waals surface area contributed by atoms with E-state index in [9.17, 15) is 12.8 Å². The highest BCUT2D eigenvalue weighted by Gasteiger charge is 2.21. The van der Waals surface area contributed by atoms with Crippen LogP contribution in [-0.4, -0.2) is 22.4 Å². The summed E-state index contributed by atoms with van der Waals surface area (Å²) in [5, 5.41) is 0. The molecule has 0 aliphatic heterocycles. The van der Waals surface area contributed by atoms with E-state index >= 15 is 0 Å². The summed E-state index contributed by atoms with van der Waals surface area (Å²) in [4.78, 5) is 7.59. The Labute approximate surface area is 127 Å². The number of pyridine rings is 2. The second-order valence-corrected chi connectivity index (χ2v) is 6.49. The largest absolute Gasteiger partial charge is 0.269 e. The molecule has 112 valence electrons. The molecule has 0 fully saturated rings. The van der Waals surface area contributed by atoms with Crippen molar-refractivity contribution in [3.8, 4) is 11.3 Å². The number of halogens is 1. The zero-order chi connectivity index (χ0) is 15.7. The Morgan fingerprint density at radius 2 is 1.91 bits per heavy atom. The third kappa shape index (κ3) is 2.39. The predicted molar refractivity (Wildman–Crippen MR) is 79.2 cm³/mol. The minimum atomic E-state index is -3.85. The molecule has 0 saturated carbocycles. The topological polar surface area (TPSA) is 64.8 Å². The maximum absolute atomic E-state index is 13.8. The van der Waals surface area contributed by atoms with Crippen LogP contribution in [0.25, 0.3) is 11.3 Å². The summed E-state index contributed by atoms with van der Waals surface area (Å²) in [6.07, 6.45) is 3.97. The van der Waals surface area contributed by atoms with Gasteiger partial charge in [0.15, 0.2) is 0 Å². The highest BCUT2D eigenvalue weighted by atomic mass is 32.2. The van der Waals surface area contributed by atoms with Gasteiger partial charge in [-0.25, -0.2) is 17.4 Å². The van der Waals surface area contributed by atoms with Crippen molar-refractivity contribution < 1.29 is 12.8 Å². The molecule has 0 bridgehead atoms. The lowest BCUT2D eigenvalue weighted by Crippen LogP contribution is -2.14. The Hall–Kier alpha value is -2.54. The Morgan fingerprint density at radius 3 is 2.59 bits per heavy atom. The molecule has 22 heavy (non-hydrogen) atoms. The molecule has 3 aromatic rings. The van der Waals surface area contributed by atoms with Gasteiger partial charge in [0.05, 0.1) is 11.3 Å². The first-order valence-corrected chi connectivity index (χ1v) is 7.90. The van der Waals surface area contributed by atoms with Gasteiger partial charge in [0.2, 0.25) is 5.95 Å². The second-order valence-electron chi connectivity index (χ2n) is 4.67. The standard InChI is InChI=1S/C15H12FN3O2S/c1-11-6-7-12(10-18-11)22(20,21)19-9-3-5-14(19)13-4-2-8-17-15(13)16/h2-10H,1H3. The molecule has 3 heterocycles. The first-order valence-electron chi connectivity index (χ1n) is 6.46. The van der Waals surface area contributed by atoms with Crippen LogP contribution in [0.4, 0.5) is 4.39 Å². The molecule has 0 unspecified atom stereocenters. The molecule has 0 aliphatic carbocycles. The second kappa shape index (κ2) is 5.34. The lowest BCUT2D eigenvalue weighted by Gasteiger charge is -2.10. The van der Waals surface area contributed by atoms with E-state index in [0.29, 0.717) is 5.69 Å². The fourth-order valence-corrected chi connectivity index (χ4v) is 3.38. The smallest absolute Gasteiger partial charge is 0.260 e. The van der Waals surface area contributed by atoms with Crippen molar-refractivity contribution >= 4 is 10.0 Å². The molecule has 0 spiro atoms. The predicted octanol–water partition coefficient (Wildman–Crippen LogP) is 2.63. The van der Waals surface area contributed by atoms with E-state index in [1.54, 1.807) is 25.1 Å². The molecule has 7 heteroatoms. The Balaban J connectivity index is 2.16. The van der Waals surface area contributed by atoms with Crippen LogP contribution in [0.15, 0.2) is 59.9 Å². The zero-order valence-corrected chi connectivity index (χ0v) is 12.5. The minimum Gasteiger partial charge on any atom is -0.260 e. The summed E-state index contributed by atoms with van der Waals surface area (Å²) in [5.74, 6) is -0.723. The number of nitrogens with zero attached hydrogens (tertiary/aromatic N) is 3. The van der Waals surface area contributed by atoms with Crippen molar-refractivity contribution in [1.82, 2.24) is 13.9 Å². The molecule has 3 aromatic heterocycles. The summed E-state index contributed by atoms with van der Waals surface area (Å²) in [6, 6.07) is 9.19. The van der Waals surface area contributed by atoms with Crippen LogP contribution in [0, 0.1) is 12.9 Å². The first kappa shape index (κ1) is 14.4. The van der Waals surface area contributed by atoms with Gasteiger partial charge in [0, 0.05) is 24.3 Å². The highest BCUT2D eigenvalue weighted by molar-refractivity contribution is 7.90. The van der Waals surface area contributed by atoms with Gasteiger partial charge in [-0.05, 0) is 43.3 Å². The SMILES string of the molecule is Cc1ccc(S(=O)(=O)n2cccc2-c2cccnc2F)cn1. The first-order chi connectivity index (χ1) is 10.5. The van der Waals surface area contributed by atoms with Gasteiger partial charge in [-0.3, -0.25) is 4.98 Å². The maximum atomic E-state index is 13.8. The third-order valence-corrected chi connectivity index (χ3v) is 4.86. The van der Waals surface area contributed by atoms with E-state index in [1.807, 2.05) is 0 Å². The summed E-state index contributed by atoms with van der Waals surface area (Å²) >= 11 is 0. The van der Waals surface area contributed by atoms with Crippen LogP contribution in [0.1, 0.15) is 5.69 Å². The van der Waals surface area contributed by atoms with Crippen molar-refractivity contribution in [1.29, 1.82) is 0 Å². The van der Waals surface area contributed by atoms with Crippen LogP contribution >= 0.6 is 0 Å². The molecular weight excluding hydrogens is 305 g/mol. The van der Waals surface area contributed by atoms with Crippen molar-refractivity contribution in [3.05, 3.63) is 66.6 Å². The van der Waals surface area contributed by atoms with Gasteiger partial charge in [0.25, 0.3) is 10.0 Å². The van der Waals surface area contributed by atoms with Gasteiger partial charge >= 0.3 is 0 Å². The van der Waals surface area contributed by atoms with E-state index in [-0.39, 0.29) is 16.2 Å². The quantitative estimate of drug-likeness (QED) is 0.697. The molecule has 5 nitrogen and oxygen atoms in total. The van der Waals surface area contributed by atoms with E-state index in [4.69, 9.17) is 0 Å². The van der Waals surface area contributed by atoms with E-state index in [0.717, 1.165) is 3.97 Å². The molecule has 0 aliphatic rings. The van der Waals surface area contributed by atoms with Crippen LogP contribution in [0.5, 0.6) is 0 Å². The molecule has 0 aromatic carbocycles. The van der Waals surface area contributed by atoms with Gasteiger partial charge < -0.3 is 0 Å². The molecule has 0 N–H and O–H groups in total. The molecule has 0 radical (unpaired) electrons. The summed E-state index contributed by atoms with van der Waals surface area (Å²) in [5.41, 5.74) is 1.05. The van der Waals surface area contributed by atoms with Gasteiger partial charge in [-0.1, -0.05) is 0 Å². The number of aromatic nitrogens is 3. The summed E-state index contributed by atoms with van der Waals surface area (Å²) in [6.45, 7) is 1.77. The normalized spacial score (nSPS) is 11.5. The Bertz CT molecular complexity index is 918. The van der Waals surface area contributed by atoms with Crippen molar-refractivity contribution in [2.75, 3.05) is 0 Å². The molecule has 0 atom stereocenters. The van der Waals surface area contributed by atoms with Gasteiger partial charge in [0.1, 0.15) is 4.90 Å². The van der Waals surface area contributed by atoms with E-state index < -0.39 is 16.0 Å². The summed E-state index contributed by atoms with van der Waals surface area (Å²) < 4.78 is 40.3. The number of rotatable bonds is 3. The number of hydrogen-bond donors (Lipinski definition) is 0. The van der Waals surface area contributed by atoms with Crippen LogP contribution < -0.4 is 0 Å². The molecule has 0 amide bonds. The lowest BCUT2D eigenvalue weighted by molar-refractivity contribution is 0.582.